The Morgan fingerprint density at radius 1 is 1.35 bits per heavy atom. The van der Waals surface area contributed by atoms with Gasteiger partial charge in [-0.05, 0) is 39.5 Å². The van der Waals surface area contributed by atoms with Crippen LogP contribution >= 0.6 is 0 Å². The Bertz CT molecular complexity index is 417. The first-order chi connectivity index (χ1) is 9.46. The predicted molar refractivity (Wildman–Crippen MR) is 77.2 cm³/mol. The van der Waals surface area contributed by atoms with Crippen LogP contribution in [0.15, 0.2) is 18.7 Å². The third kappa shape index (κ3) is 4.25. The second kappa shape index (κ2) is 6.29. The zero-order valence-corrected chi connectivity index (χ0v) is 12.6. The first-order valence-corrected chi connectivity index (χ1v) is 7.43. The van der Waals surface area contributed by atoms with Gasteiger partial charge in [0.1, 0.15) is 11.8 Å². The SMILES string of the molecule is CC(C)(C)OC(=O)NC(C1CCCCC1)n1ccnc1. The van der Waals surface area contributed by atoms with Crippen molar-refractivity contribution in [3.63, 3.8) is 0 Å². The van der Waals surface area contributed by atoms with Crippen molar-refractivity contribution < 1.29 is 9.53 Å². The van der Waals surface area contributed by atoms with E-state index in [1.54, 1.807) is 12.5 Å². The van der Waals surface area contributed by atoms with E-state index in [9.17, 15) is 4.79 Å². The fourth-order valence-corrected chi connectivity index (χ4v) is 2.75. The van der Waals surface area contributed by atoms with E-state index in [2.05, 4.69) is 10.3 Å². The molecule has 1 amide bonds. The summed E-state index contributed by atoms with van der Waals surface area (Å²) in [7, 11) is 0. The molecule has 20 heavy (non-hydrogen) atoms. The van der Waals surface area contributed by atoms with Gasteiger partial charge in [-0.15, -0.1) is 0 Å². The summed E-state index contributed by atoms with van der Waals surface area (Å²) in [4.78, 5) is 16.1. The van der Waals surface area contributed by atoms with Crippen LogP contribution in [0.5, 0.6) is 0 Å². The van der Waals surface area contributed by atoms with Crippen LogP contribution in [0.4, 0.5) is 4.79 Å². The molecule has 2 rings (SSSR count). The van der Waals surface area contributed by atoms with Gasteiger partial charge in [0.2, 0.25) is 0 Å². The van der Waals surface area contributed by atoms with Crippen LogP contribution in [-0.4, -0.2) is 21.2 Å². The minimum absolute atomic E-state index is 0.0624. The third-order valence-corrected chi connectivity index (χ3v) is 3.61. The van der Waals surface area contributed by atoms with Gasteiger partial charge >= 0.3 is 6.09 Å². The Hall–Kier alpha value is -1.52. The quantitative estimate of drug-likeness (QED) is 0.921. The van der Waals surface area contributed by atoms with Gasteiger partial charge in [0, 0.05) is 12.4 Å². The molecule has 1 aliphatic rings. The molecule has 5 nitrogen and oxygen atoms in total. The van der Waals surface area contributed by atoms with E-state index in [-0.39, 0.29) is 12.3 Å². The Kier molecular flexibility index (Phi) is 4.68. The topological polar surface area (TPSA) is 56.1 Å². The lowest BCUT2D eigenvalue weighted by Gasteiger charge is -2.32. The smallest absolute Gasteiger partial charge is 0.409 e. The summed E-state index contributed by atoms with van der Waals surface area (Å²) >= 11 is 0. The number of alkyl carbamates (subject to hydrolysis) is 1. The highest BCUT2D eigenvalue weighted by Crippen LogP contribution is 2.31. The van der Waals surface area contributed by atoms with Crippen molar-refractivity contribution in [1.82, 2.24) is 14.9 Å². The minimum Gasteiger partial charge on any atom is -0.444 e. The molecule has 0 spiro atoms. The summed E-state index contributed by atoms with van der Waals surface area (Å²) in [5, 5.41) is 3.01. The van der Waals surface area contributed by atoms with Gasteiger partial charge in [0.25, 0.3) is 0 Å². The molecule has 1 unspecified atom stereocenters. The van der Waals surface area contributed by atoms with Crippen LogP contribution in [-0.2, 0) is 4.74 Å². The number of hydrogen-bond donors (Lipinski definition) is 1. The van der Waals surface area contributed by atoms with E-state index < -0.39 is 5.60 Å². The fraction of sp³-hybridized carbons (Fsp3) is 0.733. The number of hydrogen-bond acceptors (Lipinski definition) is 3. The maximum absolute atomic E-state index is 12.0. The van der Waals surface area contributed by atoms with Crippen LogP contribution in [0.1, 0.15) is 59.0 Å². The molecule has 1 N–H and O–H groups in total. The summed E-state index contributed by atoms with van der Waals surface area (Å²) in [6, 6.07) is 0. The Morgan fingerprint density at radius 3 is 2.60 bits per heavy atom. The molecule has 0 aliphatic heterocycles. The first-order valence-electron chi connectivity index (χ1n) is 7.43. The van der Waals surface area contributed by atoms with Gasteiger partial charge in [0.05, 0.1) is 6.33 Å². The Balaban J connectivity index is 2.05. The van der Waals surface area contributed by atoms with Crippen LogP contribution in [0.2, 0.25) is 0 Å². The first kappa shape index (κ1) is 14.9. The number of rotatable bonds is 3. The number of amides is 1. The monoisotopic (exact) mass is 279 g/mol. The summed E-state index contributed by atoms with van der Waals surface area (Å²) in [6.07, 6.45) is 11.0. The maximum Gasteiger partial charge on any atom is 0.409 e. The van der Waals surface area contributed by atoms with E-state index in [0.717, 1.165) is 12.8 Å². The molecule has 1 heterocycles. The van der Waals surface area contributed by atoms with E-state index >= 15 is 0 Å². The van der Waals surface area contributed by atoms with Gasteiger partial charge in [0.15, 0.2) is 0 Å². The molecule has 0 bridgehead atoms. The Labute approximate surface area is 120 Å². The van der Waals surface area contributed by atoms with Gasteiger partial charge in [-0.2, -0.15) is 0 Å². The highest BCUT2D eigenvalue weighted by Gasteiger charge is 2.28. The average Bonchev–Trinajstić information content (AvgIpc) is 2.88. The molecule has 1 aromatic heterocycles. The van der Waals surface area contributed by atoms with Crippen molar-refractivity contribution in [2.45, 2.75) is 64.6 Å². The number of nitrogens with zero attached hydrogens (tertiary/aromatic N) is 2. The van der Waals surface area contributed by atoms with Crippen molar-refractivity contribution in [1.29, 1.82) is 0 Å². The average molecular weight is 279 g/mol. The van der Waals surface area contributed by atoms with E-state index in [0.29, 0.717) is 5.92 Å². The van der Waals surface area contributed by atoms with Crippen molar-refractivity contribution >= 4 is 6.09 Å². The normalized spacial score (nSPS) is 18.6. The zero-order valence-electron chi connectivity index (χ0n) is 12.6. The number of nitrogens with one attached hydrogen (secondary N) is 1. The molecule has 0 aromatic carbocycles. The van der Waals surface area contributed by atoms with E-state index in [1.807, 2.05) is 31.5 Å². The molecule has 112 valence electrons. The van der Waals surface area contributed by atoms with Crippen molar-refractivity contribution in [2.24, 2.45) is 5.92 Å². The molecule has 1 fully saturated rings. The molecule has 1 aromatic rings. The van der Waals surface area contributed by atoms with Crippen LogP contribution < -0.4 is 5.32 Å². The van der Waals surface area contributed by atoms with Gasteiger partial charge in [-0.3, -0.25) is 0 Å². The number of carbonyl (C=O) groups excluding carboxylic acids is 1. The zero-order chi connectivity index (χ0) is 14.6. The van der Waals surface area contributed by atoms with Crippen molar-refractivity contribution in [3.05, 3.63) is 18.7 Å². The summed E-state index contributed by atoms with van der Waals surface area (Å²) in [5.74, 6) is 0.450. The molecular weight excluding hydrogens is 254 g/mol. The van der Waals surface area contributed by atoms with Crippen molar-refractivity contribution in [3.8, 4) is 0 Å². The Morgan fingerprint density at radius 2 is 2.05 bits per heavy atom. The van der Waals surface area contributed by atoms with E-state index in [1.165, 1.54) is 19.3 Å². The number of imidazole rings is 1. The highest BCUT2D eigenvalue weighted by molar-refractivity contribution is 5.67. The fourth-order valence-electron chi connectivity index (χ4n) is 2.75. The number of carbonyl (C=O) groups is 1. The molecule has 0 saturated heterocycles. The van der Waals surface area contributed by atoms with Gasteiger partial charge < -0.3 is 14.6 Å². The molecule has 5 heteroatoms. The number of aromatic nitrogens is 2. The highest BCUT2D eigenvalue weighted by atomic mass is 16.6. The molecule has 1 aliphatic carbocycles. The summed E-state index contributed by atoms with van der Waals surface area (Å²) in [5.41, 5.74) is -0.476. The van der Waals surface area contributed by atoms with Crippen LogP contribution in [0.3, 0.4) is 0 Å². The van der Waals surface area contributed by atoms with Gasteiger partial charge in [-0.1, -0.05) is 19.3 Å². The predicted octanol–water partition coefficient (Wildman–Crippen LogP) is 3.49. The standard InChI is InChI=1S/C15H25N3O2/c1-15(2,3)20-14(19)17-13(18-10-9-16-11-18)12-7-5-4-6-8-12/h9-13H,4-8H2,1-3H3,(H,17,19). The van der Waals surface area contributed by atoms with E-state index in [4.69, 9.17) is 4.74 Å². The maximum atomic E-state index is 12.0. The van der Waals surface area contributed by atoms with Crippen molar-refractivity contribution in [2.75, 3.05) is 0 Å². The number of ether oxygens (including phenoxy) is 1. The minimum atomic E-state index is -0.476. The second-order valence-corrected chi connectivity index (χ2v) is 6.50. The third-order valence-electron chi connectivity index (χ3n) is 3.61. The summed E-state index contributed by atoms with van der Waals surface area (Å²) < 4.78 is 7.35. The summed E-state index contributed by atoms with van der Waals surface area (Å²) in [6.45, 7) is 5.62. The largest absolute Gasteiger partial charge is 0.444 e. The molecule has 1 atom stereocenters. The van der Waals surface area contributed by atoms with Gasteiger partial charge in [-0.25, -0.2) is 9.78 Å². The molecular formula is C15H25N3O2. The van der Waals surface area contributed by atoms with Crippen LogP contribution in [0, 0.1) is 5.92 Å². The lowest BCUT2D eigenvalue weighted by Crippen LogP contribution is -2.40. The lowest BCUT2D eigenvalue weighted by molar-refractivity contribution is 0.0436. The second-order valence-electron chi connectivity index (χ2n) is 6.50. The lowest BCUT2D eigenvalue weighted by atomic mass is 9.87. The van der Waals surface area contributed by atoms with Crippen LogP contribution in [0.25, 0.3) is 0 Å². The molecule has 0 radical (unpaired) electrons. The molecule has 1 saturated carbocycles.